The minimum atomic E-state index is -0.584. The Bertz CT molecular complexity index is 1790. The highest BCUT2D eigenvalue weighted by Crippen LogP contribution is 2.34. The number of benzene rings is 2. The Hall–Kier alpha value is -3.74. The number of aromatic nitrogens is 3. The molecule has 11 heteroatoms. The average molecular weight is 615 g/mol. The zero-order chi connectivity index (χ0) is 26.6. The summed E-state index contributed by atoms with van der Waals surface area (Å²) in [6, 6.07) is 11.0. The smallest absolute Gasteiger partial charge is 0.336 e. The molecule has 0 atom stereocenters. The molecule has 0 bridgehead atoms. The van der Waals surface area contributed by atoms with Crippen LogP contribution in [0.4, 0.5) is 15.9 Å². The summed E-state index contributed by atoms with van der Waals surface area (Å²) in [7, 11) is 1.49. The van der Waals surface area contributed by atoms with E-state index >= 15 is 0 Å². The summed E-state index contributed by atoms with van der Waals surface area (Å²) in [6.45, 7) is 1.55. The number of pyridine rings is 1. The average Bonchev–Trinajstić information content (AvgIpc) is 3.67. The van der Waals surface area contributed by atoms with Gasteiger partial charge in [-0.2, -0.15) is 0 Å². The lowest BCUT2D eigenvalue weighted by Crippen LogP contribution is -2.41. The number of amides is 1. The first-order valence-electron chi connectivity index (χ1n) is 11.6. The number of rotatable bonds is 6. The van der Waals surface area contributed by atoms with Gasteiger partial charge in [0.15, 0.2) is 0 Å². The van der Waals surface area contributed by atoms with Crippen molar-refractivity contribution in [3.63, 3.8) is 0 Å². The van der Waals surface area contributed by atoms with Crippen LogP contribution in [0.1, 0.15) is 30.0 Å². The molecule has 0 spiro atoms. The summed E-state index contributed by atoms with van der Waals surface area (Å²) < 4.78 is 19.3. The molecular weight excluding hydrogens is 592 g/mol. The van der Waals surface area contributed by atoms with Crippen LogP contribution in [0.5, 0.6) is 0 Å². The Morgan fingerprint density at radius 3 is 2.51 bits per heavy atom. The topological polar surface area (TPSA) is 121 Å². The molecule has 1 fully saturated rings. The fourth-order valence-electron chi connectivity index (χ4n) is 4.58. The monoisotopic (exact) mass is 615 g/mol. The van der Waals surface area contributed by atoms with Gasteiger partial charge in [0.2, 0.25) is 5.91 Å². The molecule has 1 aliphatic rings. The molecule has 1 amide bonds. The zero-order valence-electron chi connectivity index (χ0n) is 20.0. The molecule has 2 aromatic heterocycles. The Balaban J connectivity index is 1.90. The quantitative estimate of drug-likeness (QED) is 0.323. The number of hydrogen-bond acceptors (Lipinski definition) is 5. The van der Waals surface area contributed by atoms with Crippen LogP contribution >= 0.6 is 22.6 Å². The van der Waals surface area contributed by atoms with Gasteiger partial charge in [-0.1, -0.05) is 12.1 Å². The van der Waals surface area contributed by atoms with Crippen molar-refractivity contribution in [2.75, 3.05) is 5.32 Å². The molecule has 5 rings (SSSR count). The van der Waals surface area contributed by atoms with Crippen molar-refractivity contribution >= 4 is 50.9 Å². The predicted octanol–water partition coefficient (Wildman–Crippen LogP) is 3.01. The minimum absolute atomic E-state index is 0.0393. The fourth-order valence-corrected chi connectivity index (χ4v) is 5.03. The molecule has 9 nitrogen and oxygen atoms in total. The number of hydrogen-bond donors (Lipinski definition) is 2. The van der Waals surface area contributed by atoms with E-state index in [-0.39, 0.29) is 40.4 Å². The number of carbonyl (C=O) groups excluding carboxylic acids is 1. The second kappa shape index (κ2) is 9.29. The minimum Gasteiger partial charge on any atom is -0.369 e. The Labute approximate surface area is 223 Å². The normalized spacial score (nSPS) is 13.2. The second-order valence-corrected chi connectivity index (χ2v) is 10.4. The van der Waals surface area contributed by atoms with Crippen molar-refractivity contribution in [3.8, 4) is 5.69 Å². The van der Waals surface area contributed by atoms with Crippen LogP contribution in [0.15, 0.2) is 56.8 Å². The Morgan fingerprint density at radius 2 is 1.86 bits per heavy atom. The van der Waals surface area contributed by atoms with Crippen molar-refractivity contribution in [3.05, 3.63) is 94.2 Å². The van der Waals surface area contributed by atoms with E-state index in [4.69, 9.17) is 5.73 Å². The lowest BCUT2D eigenvalue weighted by Gasteiger charge is -2.21. The number of nitrogens with one attached hydrogen (secondary N) is 1. The maximum Gasteiger partial charge on any atom is 0.336 e. The van der Waals surface area contributed by atoms with Gasteiger partial charge in [-0.3, -0.25) is 28.1 Å². The molecule has 0 saturated heterocycles. The van der Waals surface area contributed by atoms with E-state index < -0.39 is 28.5 Å². The van der Waals surface area contributed by atoms with Crippen LogP contribution in [-0.2, 0) is 18.3 Å². The number of fused-ring (bicyclic) bond motifs is 1. The lowest BCUT2D eigenvalue weighted by molar-refractivity contribution is -0.117. The Morgan fingerprint density at radius 1 is 1.14 bits per heavy atom. The zero-order valence-corrected chi connectivity index (χ0v) is 22.2. The highest BCUT2D eigenvalue weighted by molar-refractivity contribution is 14.1. The molecule has 1 aliphatic carbocycles. The van der Waals surface area contributed by atoms with Crippen LogP contribution in [0.2, 0.25) is 0 Å². The summed E-state index contributed by atoms with van der Waals surface area (Å²) in [5.74, 6) is -1.01. The van der Waals surface area contributed by atoms with Gasteiger partial charge in [0.05, 0.1) is 23.3 Å². The fraction of sp³-hybridized carbons (Fsp3) is 0.231. The number of halogens is 2. The molecule has 2 heterocycles. The van der Waals surface area contributed by atoms with Crippen molar-refractivity contribution in [1.82, 2.24) is 13.7 Å². The largest absolute Gasteiger partial charge is 0.369 e. The van der Waals surface area contributed by atoms with Crippen LogP contribution < -0.4 is 27.9 Å². The van der Waals surface area contributed by atoms with Crippen LogP contribution in [0, 0.1) is 16.3 Å². The standard InChI is InChI=1S/C26H23FIN5O4/c1-13-22-21(23(31(2)24(13)35)30-19-9-6-15(28)12-18(19)27)25(36)33(16-7-8-16)26(37)32(22)17-5-3-4-14(10-17)11-20(29)34/h3-6,9-10,12,16,30H,7-8,11H2,1-2H3,(H2,29,34). The number of primary amides is 1. The third-order valence-corrected chi connectivity index (χ3v) is 7.16. The highest BCUT2D eigenvalue weighted by atomic mass is 127. The third kappa shape index (κ3) is 4.37. The summed E-state index contributed by atoms with van der Waals surface area (Å²) in [5.41, 5.74) is 5.12. The molecule has 190 valence electrons. The first-order valence-corrected chi connectivity index (χ1v) is 12.7. The van der Waals surface area contributed by atoms with Crippen LogP contribution in [0.3, 0.4) is 0 Å². The number of nitrogens with two attached hydrogens (primary N) is 1. The second-order valence-electron chi connectivity index (χ2n) is 9.15. The summed E-state index contributed by atoms with van der Waals surface area (Å²) in [5, 5.41) is 3.02. The molecule has 3 N–H and O–H groups in total. The number of nitrogens with zero attached hydrogens (tertiary/aromatic N) is 3. The molecule has 0 unspecified atom stereocenters. The van der Waals surface area contributed by atoms with Gasteiger partial charge >= 0.3 is 5.69 Å². The SMILES string of the molecule is Cc1c(=O)n(C)c(Nc2ccc(I)cc2F)c2c(=O)n(C3CC3)c(=O)n(-c3cccc(CC(N)=O)c3)c12. The number of aryl methyl sites for hydroxylation is 1. The van der Waals surface area contributed by atoms with E-state index in [1.165, 1.54) is 32.9 Å². The first-order chi connectivity index (χ1) is 17.6. The highest BCUT2D eigenvalue weighted by Gasteiger charge is 2.31. The van der Waals surface area contributed by atoms with Crippen LogP contribution in [0.25, 0.3) is 16.6 Å². The van der Waals surface area contributed by atoms with Crippen molar-refractivity contribution < 1.29 is 9.18 Å². The lowest BCUT2D eigenvalue weighted by atomic mass is 10.1. The van der Waals surface area contributed by atoms with Gasteiger partial charge in [0.25, 0.3) is 11.1 Å². The van der Waals surface area contributed by atoms with E-state index in [2.05, 4.69) is 5.32 Å². The van der Waals surface area contributed by atoms with Gasteiger partial charge < -0.3 is 11.1 Å². The Kier molecular flexibility index (Phi) is 6.26. The molecule has 1 saturated carbocycles. The van der Waals surface area contributed by atoms with Gasteiger partial charge in [-0.25, -0.2) is 9.18 Å². The van der Waals surface area contributed by atoms with Gasteiger partial charge in [0, 0.05) is 22.2 Å². The van der Waals surface area contributed by atoms with Gasteiger partial charge in [-0.05, 0) is 78.3 Å². The first kappa shape index (κ1) is 24.9. The van der Waals surface area contributed by atoms with Gasteiger partial charge in [-0.15, -0.1) is 0 Å². The van der Waals surface area contributed by atoms with Gasteiger partial charge in [0.1, 0.15) is 17.0 Å². The van der Waals surface area contributed by atoms with E-state index in [9.17, 15) is 23.6 Å². The van der Waals surface area contributed by atoms with Crippen molar-refractivity contribution in [2.45, 2.75) is 32.2 Å². The molecule has 4 aromatic rings. The molecule has 0 aliphatic heterocycles. The van der Waals surface area contributed by atoms with E-state index in [1.54, 1.807) is 37.3 Å². The molecule has 2 aromatic carbocycles. The molecule has 0 radical (unpaired) electrons. The maximum absolute atomic E-state index is 14.8. The summed E-state index contributed by atoms with van der Waals surface area (Å²) in [4.78, 5) is 52.4. The van der Waals surface area contributed by atoms with Crippen molar-refractivity contribution in [2.24, 2.45) is 12.8 Å². The number of carbonyl (C=O) groups is 1. The molecular formula is C26H23FIN5O4. The van der Waals surface area contributed by atoms with E-state index in [1.807, 2.05) is 22.6 Å². The molecule has 37 heavy (non-hydrogen) atoms. The summed E-state index contributed by atoms with van der Waals surface area (Å²) >= 11 is 1.99. The number of anilines is 2. The van der Waals surface area contributed by atoms with E-state index in [0.717, 1.165) is 0 Å². The van der Waals surface area contributed by atoms with Crippen molar-refractivity contribution in [1.29, 1.82) is 0 Å². The third-order valence-electron chi connectivity index (χ3n) is 6.49. The maximum atomic E-state index is 14.8. The van der Waals surface area contributed by atoms with E-state index in [0.29, 0.717) is 27.7 Å². The van der Waals surface area contributed by atoms with Crippen LogP contribution in [-0.4, -0.2) is 19.6 Å². The summed E-state index contributed by atoms with van der Waals surface area (Å²) in [6.07, 6.45) is 1.30. The predicted molar refractivity (Wildman–Crippen MR) is 147 cm³/mol.